The van der Waals surface area contributed by atoms with Crippen molar-refractivity contribution in [2.45, 2.75) is 18.8 Å². The number of amides is 1. The van der Waals surface area contributed by atoms with Gasteiger partial charge in [-0.25, -0.2) is 12.8 Å². The standard InChI is InChI=1S/C20H20FN3O3S/c1-22-20(25)19-17-10-16(12-3-4-12)18(23-28(2,26)27)9-13(17)11-24(19)15-7-5-14(21)6-8-15/h5-12,23H,3-4H2,1-2H3,(H,22,25). The van der Waals surface area contributed by atoms with E-state index in [-0.39, 0.29) is 17.6 Å². The first-order valence-electron chi connectivity index (χ1n) is 8.91. The van der Waals surface area contributed by atoms with Gasteiger partial charge >= 0.3 is 0 Å². The van der Waals surface area contributed by atoms with Gasteiger partial charge in [0.05, 0.1) is 11.9 Å². The van der Waals surface area contributed by atoms with Gasteiger partial charge in [0.1, 0.15) is 11.5 Å². The van der Waals surface area contributed by atoms with Crippen LogP contribution in [-0.2, 0) is 10.0 Å². The molecule has 1 aliphatic carbocycles. The van der Waals surface area contributed by atoms with E-state index in [4.69, 9.17) is 0 Å². The molecule has 1 amide bonds. The van der Waals surface area contributed by atoms with E-state index < -0.39 is 10.0 Å². The van der Waals surface area contributed by atoms with Gasteiger partial charge in [-0.2, -0.15) is 0 Å². The smallest absolute Gasteiger partial charge is 0.268 e. The molecule has 0 spiro atoms. The van der Waals surface area contributed by atoms with Gasteiger partial charge < -0.3 is 9.88 Å². The maximum Gasteiger partial charge on any atom is 0.268 e. The second-order valence-corrected chi connectivity index (χ2v) is 8.83. The van der Waals surface area contributed by atoms with Gasteiger partial charge in [-0.05, 0) is 60.7 Å². The highest BCUT2D eigenvalue weighted by Crippen LogP contribution is 2.45. The van der Waals surface area contributed by atoms with Gasteiger partial charge in [0.25, 0.3) is 5.91 Å². The van der Waals surface area contributed by atoms with Crippen LogP contribution in [0.25, 0.3) is 16.5 Å². The molecule has 1 aliphatic rings. The summed E-state index contributed by atoms with van der Waals surface area (Å²) in [4.78, 5) is 12.6. The van der Waals surface area contributed by atoms with Crippen LogP contribution in [-0.4, -0.2) is 32.2 Å². The average Bonchev–Trinajstić information content (AvgIpc) is 3.41. The van der Waals surface area contributed by atoms with Crippen molar-refractivity contribution in [2.24, 2.45) is 0 Å². The highest BCUT2D eigenvalue weighted by molar-refractivity contribution is 7.92. The Morgan fingerprint density at radius 1 is 1.18 bits per heavy atom. The second kappa shape index (κ2) is 6.63. The highest BCUT2D eigenvalue weighted by atomic mass is 32.2. The first-order valence-corrected chi connectivity index (χ1v) is 10.8. The number of carbonyl (C=O) groups excluding carboxylic acids is 1. The lowest BCUT2D eigenvalue weighted by molar-refractivity contribution is 0.0958. The molecule has 0 atom stereocenters. The van der Waals surface area contributed by atoms with Crippen LogP contribution in [0.15, 0.2) is 42.6 Å². The number of nitrogens with one attached hydrogen (secondary N) is 2. The quantitative estimate of drug-likeness (QED) is 0.688. The minimum absolute atomic E-state index is 0.273. The Labute approximate surface area is 162 Å². The summed E-state index contributed by atoms with van der Waals surface area (Å²) < 4.78 is 41.2. The van der Waals surface area contributed by atoms with Crippen molar-refractivity contribution in [1.82, 2.24) is 9.88 Å². The zero-order valence-corrected chi connectivity index (χ0v) is 16.3. The minimum Gasteiger partial charge on any atom is -0.354 e. The molecule has 1 heterocycles. The third-order valence-electron chi connectivity index (χ3n) is 4.85. The summed E-state index contributed by atoms with van der Waals surface area (Å²) in [6.45, 7) is 0. The van der Waals surface area contributed by atoms with E-state index in [2.05, 4.69) is 10.0 Å². The summed E-state index contributed by atoms with van der Waals surface area (Å²) in [5.74, 6) is -0.358. The molecule has 2 N–H and O–H groups in total. The monoisotopic (exact) mass is 401 g/mol. The molecule has 146 valence electrons. The number of rotatable bonds is 5. The van der Waals surface area contributed by atoms with E-state index in [0.29, 0.717) is 17.1 Å². The SMILES string of the molecule is CNC(=O)c1c2cc(C3CC3)c(NS(C)(=O)=O)cc2cn1-c1ccc(F)cc1. The van der Waals surface area contributed by atoms with Crippen LogP contribution in [0.3, 0.4) is 0 Å². The van der Waals surface area contributed by atoms with Crippen molar-refractivity contribution in [3.8, 4) is 5.69 Å². The molecule has 4 rings (SSSR count). The Morgan fingerprint density at radius 3 is 2.43 bits per heavy atom. The maximum absolute atomic E-state index is 13.3. The van der Waals surface area contributed by atoms with Gasteiger partial charge in [0.2, 0.25) is 10.0 Å². The zero-order valence-electron chi connectivity index (χ0n) is 15.5. The van der Waals surface area contributed by atoms with Gasteiger partial charge in [0, 0.05) is 29.7 Å². The highest BCUT2D eigenvalue weighted by Gasteiger charge is 2.29. The van der Waals surface area contributed by atoms with Crippen LogP contribution in [0.4, 0.5) is 10.1 Å². The summed E-state index contributed by atoms with van der Waals surface area (Å²) in [6.07, 6.45) is 4.85. The Bertz CT molecular complexity index is 1180. The van der Waals surface area contributed by atoms with Crippen LogP contribution < -0.4 is 10.0 Å². The number of nitrogens with zero attached hydrogens (tertiary/aromatic N) is 1. The van der Waals surface area contributed by atoms with Gasteiger partial charge in [0.15, 0.2) is 0 Å². The average molecular weight is 401 g/mol. The fourth-order valence-corrected chi connectivity index (χ4v) is 4.03. The molecule has 1 saturated carbocycles. The molecule has 0 saturated heterocycles. The first kappa shape index (κ1) is 18.5. The normalized spacial score (nSPS) is 14.2. The summed E-state index contributed by atoms with van der Waals surface area (Å²) in [5, 5.41) is 4.10. The number of anilines is 1. The number of hydrogen-bond donors (Lipinski definition) is 2. The molecule has 8 heteroatoms. The molecular formula is C20H20FN3O3S. The Kier molecular flexibility index (Phi) is 4.38. The third-order valence-corrected chi connectivity index (χ3v) is 5.44. The van der Waals surface area contributed by atoms with Crippen LogP contribution in [0.2, 0.25) is 0 Å². The number of hydrogen-bond acceptors (Lipinski definition) is 3. The van der Waals surface area contributed by atoms with Crippen molar-refractivity contribution in [1.29, 1.82) is 0 Å². The molecule has 6 nitrogen and oxygen atoms in total. The molecule has 1 aromatic heterocycles. The fraction of sp³-hybridized carbons (Fsp3) is 0.250. The summed E-state index contributed by atoms with van der Waals surface area (Å²) in [7, 11) is -1.88. The first-order chi connectivity index (χ1) is 13.3. The van der Waals surface area contributed by atoms with Gasteiger partial charge in [-0.15, -0.1) is 0 Å². The number of benzene rings is 2. The topological polar surface area (TPSA) is 80.2 Å². The lowest BCUT2D eigenvalue weighted by Gasteiger charge is -2.12. The van der Waals surface area contributed by atoms with Crippen molar-refractivity contribution >= 4 is 32.4 Å². The van der Waals surface area contributed by atoms with E-state index in [0.717, 1.165) is 35.4 Å². The predicted octanol–water partition coefficient (Wildman–Crippen LogP) is 3.38. The Balaban J connectivity index is 1.97. The zero-order chi connectivity index (χ0) is 20.1. The third kappa shape index (κ3) is 3.47. The molecule has 0 aliphatic heterocycles. The number of carbonyl (C=O) groups is 1. The number of halogens is 1. The molecule has 2 aromatic carbocycles. The molecule has 1 fully saturated rings. The van der Waals surface area contributed by atoms with E-state index >= 15 is 0 Å². The van der Waals surface area contributed by atoms with Crippen LogP contribution in [0.5, 0.6) is 0 Å². The second-order valence-electron chi connectivity index (χ2n) is 7.08. The van der Waals surface area contributed by atoms with E-state index in [1.54, 1.807) is 36.0 Å². The van der Waals surface area contributed by atoms with Gasteiger partial charge in [-0.3, -0.25) is 9.52 Å². The molecular weight excluding hydrogens is 381 g/mol. The molecule has 28 heavy (non-hydrogen) atoms. The fourth-order valence-electron chi connectivity index (χ4n) is 3.45. The largest absolute Gasteiger partial charge is 0.354 e. The van der Waals surface area contributed by atoms with Crippen molar-refractivity contribution in [3.63, 3.8) is 0 Å². The van der Waals surface area contributed by atoms with Crippen LogP contribution in [0, 0.1) is 5.82 Å². The van der Waals surface area contributed by atoms with Crippen LogP contribution in [0.1, 0.15) is 34.8 Å². The van der Waals surface area contributed by atoms with E-state index in [1.165, 1.54) is 12.1 Å². The molecule has 3 aromatic rings. The minimum atomic E-state index is -3.43. The van der Waals surface area contributed by atoms with E-state index in [1.807, 2.05) is 6.07 Å². The van der Waals surface area contributed by atoms with Crippen molar-refractivity contribution in [2.75, 3.05) is 18.0 Å². The van der Waals surface area contributed by atoms with Crippen molar-refractivity contribution < 1.29 is 17.6 Å². The molecule has 0 unspecified atom stereocenters. The number of sulfonamides is 1. The lowest BCUT2D eigenvalue weighted by Crippen LogP contribution is -2.21. The summed E-state index contributed by atoms with van der Waals surface area (Å²) in [5.41, 5.74) is 2.50. The Morgan fingerprint density at radius 2 is 1.86 bits per heavy atom. The number of fused-ring (bicyclic) bond motifs is 1. The lowest BCUT2D eigenvalue weighted by atomic mass is 10.0. The van der Waals surface area contributed by atoms with Crippen molar-refractivity contribution in [3.05, 3.63) is 59.7 Å². The maximum atomic E-state index is 13.3. The number of aromatic nitrogens is 1. The van der Waals surface area contributed by atoms with Crippen LogP contribution >= 0.6 is 0 Å². The van der Waals surface area contributed by atoms with Gasteiger partial charge in [-0.1, -0.05) is 0 Å². The summed E-state index contributed by atoms with van der Waals surface area (Å²) in [6, 6.07) is 9.51. The Hall–Kier alpha value is -2.87. The molecule has 0 bridgehead atoms. The predicted molar refractivity (Wildman–Crippen MR) is 107 cm³/mol. The molecule has 0 radical (unpaired) electrons. The summed E-state index contributed by atoms with van der Waals surface area (Å²) >= 11 is 0. The van der Waals surface area contributed by atoms with E-state index in [9.17, 15) is 17.6 Å².